The lowest BCUT2D eigenvalue weighted by Gasteiger charge is -2.26. The number of H-pyrrole nitrogens is 1. The predicted octanol–water partition coefficient (Wildman–Crippen LogP) is 4.68. The van der Waals surface area contributed by atoms with Gasteiger partial charge in [0.1, 0.15) is 12.4 Å². The molecule has 0 bridgehead atoms. The fraction of sp³-hybridized carbons (Fsp3) is 0.357. The molecular weight excluding hydrogens is 632 g/mol. The number of carboxylic acids is 2. The van der Waals surface area contributed by atoms with E-state index in [0.717, 1.165) is 55.1 Å². The lowest BCUT2D eigenvalue weighted by molar-refractivity contribution is -0.193. The molecule has 1 aromatic heterocycles. The molecule has 2 aromatic carbocycles. The molecule has 0 aliphatic carbocycles. The molecule has 2 heterocycles. The number of amides is 2. The quantitative estimate of drug-likeness (QED) is 0.215. The number of aryl methyl sites for hydroxylation is 1. The number of alkyl halides is 6. The summed E-state index contributed by atoms with van der Waals surface area (Å²) in [6.07, 6.45) is -6.58. The average molecular weight is 664 g/mol. The molecule has 3 aromatic rings. The van der Waals surface area contributed by atoms with E-state index < -0.39 is 24.3 Å². The number of nitrogens with zero attached hydrogens (tertiary/aromatic N) is 2. The molecular formula is C28H31F6N5O7. The summed E-state index contributed by atoms with van der Waals surface area (Å²) in [5, 5.41) is 26.9. The van der Waals surface area contributed by atoms with Gasteiger partial charge >= 0.3 is 30.3 Å². The zero-order valence-electron chi connectivity index (χ0n) is 24.2. The van der Waals surface area contributed by atoms with Gasteiger partial charge in [-0.1, -0.05) is 35.9 Å². The zero-order valence-corrected chi connectivity index (χ0v) is 24.2. The van der Waals surface area contributed by atoms with E-state index in [1.165, 1.54) is 0 Å². The second kappa shape index (κ2) is 17.6. The van der Waals surface area contributed by atoms with Crippen molar-refractivity contribution in [2.75, 3.05) is 44.8 Å². The number of urea groups is 1. The third-order valence-corrected chi connectivity index (χ3v) is 5.85. The molecule has 1 aliphatic rings. The van der Waals surface area contributed by atoms with Crippen LogP contribution in [-0.4, -0.2) is 95.1 Å². The van der Waals surface area contributed by atoms with Crippen molar-refractivity contribution in [2.24, 2.45) is 0 Å². The molecule has 1 saturated heterocycles. The molecule has 252 valence electrons. The summed E-state index contributed by atoms with van der Waals surface area (Å²) in [4.78, 5) is 32.6. The van der Waals surface area contributed by atoms with Crippen molar-refractivity contribution in [3.63, 3.8) is 0 Å². The van der Waals surface area contributed by atoms with E-state index in [2.05, 4.69) is 31.8 Å². The fourth-order valence-corrected chi connectivity index (χ4v) is 3.61. The number of aliphatic carboxylic acids is 2. The molecule has 18 heteroatoms. The maximum atomic E-state index is 12.5. The van der Waals surface area contributed by atoms with Gasteiger partial charge in [-0.3, -0.25) is 10.00 Å². The van der Waals surface area contributed by atoms with Crippen LogP contribution >= 0.6 is 0 Å². The summed E-state index contributed by atoms with van der Waals surface area (Å²) in [7, 11) is 0. The molecule has 12 nitrogen and oxygen atoms in total. The van der Waals surface area contributed by atoms with Crippen LogP contribution in [0.2, 0.25) is 0 Å². The topological polar surface area (TPSA) is 166 Å². The minimum absolute atomic E-state index is 0.277. The van der Waals surface area contributed by atoms with E-state index in [1.54, 1.807) is 6.20 Å². The van der Waals surface area contributed by atoms with Gasteiger partial charge in [0.2, 0.25) is 0 Å². The Labute approximate surface area is 258 Å². The van der Waals surface area contributed by atoms with E-state index in [9.17, 15) is 31.1 Å². The second-order valence-electron chi connectivity index (χ2n) is 9.40. The van der Waals surface area contributed by atoms with Gasteiger partial charge in [0.05, 0.1) is 25.1 Å². The van der Waals surface area contributed by atoms with Crippen LogP contribution in [0.3, 0.4) is 0 Å². The molecule has 0 saturated carbocycles. The third-order valence-electron chi connectivity index (χ3n) is 5.85. The molecule has 1 aliphatic heterocycles. The Morgan fingerprint density at radius 2 is 1.61 bits per heavy atom. The van der Waals surface area contributed by atoms with Crippen molar-refractivity contribution < 1.29 is 60.4 Å². The molecule has 2 amide bonds. The molecule has 5 N–H and O–H groups in total. The fourth-order valence-electron chi connectivity index (χ4n) is 3.61. The molecule has 46 heavy (non-hydrogen) atoms. The molecule has 4 rings (SSSR count). The number of rotatable bonds is 8. The molecule has 1 fully saturated rings. The van der Waals surface area contributed by atoms with Gasteiger partial charge < -0.3 is 30.3 Å². The lowest BCUT2D eigenvalue weighted by atomic mass is 10.1. The number of morpholine rings is 1. The number of nitrogens with one attached hydrogen (secondary N) is 3. The smallest absolute Gasteiger partial charge is 0.490 e. The first-order chi connectivity index (χ1) is 21.6. The highest BCUT2D eigenvalue weighted by molar-refractivity contribution is 5.91. The molecule has 0 unspecified atom stereocenters. The Balaban J connectivity index is 0.000000440. The number of halogens is 6. The number of carbonyl (C=O) groups is 3. The third kappa shape index (κ3) is 13.9. The summed E-state index contributed by atoms with van der Waals surface area (Å²) in [5.41, 5.74) is 4.76. The van der Waals surface area contributed by atoms with E-state index in [1.807, 2.05) is 49.5 Å². The van der Waals surface area contributed by atoms with Crippen molar-refractivity contribution in [1.29, 1.82) is 0 Å². The van der Waals surface area contributed by atoms with Crippen LogP contribution in [0, 0.1) is 6.92 Å². The SMILES string of the molecule is Cc1cccc(CNC(=O)Nc2ccc(-c3cn[nH]c3)cc2OCCN2CCOCC2)c1.O=C(O)C(F)(F)F.O=C(O)C(F)(F)F. The molecule has 0 radical (unpaired) electrons. The van der Waals surface area contributed by atoms with Crippen molar-refractivity contribution in [1.82, 2.24) is 20.4 Å². The summed E-state index contributed by atoms with van der Waals surface area (Å²) < 4.78 is 75.0. The van der Waals surface area contributed by atoms with E-state index in [-0.39, 0.29) is 6.03 Å². The normalized spacial score (nSPS) is 13.3. The monoisotopic (exact) mass is 663 g/mol. The average Bonchev–Trinajstić information content (AvgIpc) is 3.52. The van der Waals surface area contributed by atoms with Crippen molar-refractivity contribution >= 4 is 23.7 Å². The summed E-state index contributed by atoms with van der Waals surface area (Å²) in [6, 6.07) is 13.5. The van der Waals surface area contributed by atoms with Gasteiger partial charge in [0, 0.05) is 37.9 Å². The number of aromatic nitrogens is 2. The Hall–Kier alpha value is -4.84. The first-order valence-corrected chi connectivity index (χ1v) is 13.3. The van der Waals surface area contributed by atoms with Gasteiger partial charge in [0.25, 0.3) is 0 Å². The first kappa shape index (κ1) is 37.3. The molecule has 0 atom stereocenters. The maximum absolute atomic E-state index is 12.5. The Bertz CT molecular complexity index is 1390. The molecule has 0 spiro atoms. The van der Waals surface area contributed by atoms with Crippen LogP contribution in [0.5, 0.6) is 5.75 Å². The summed E-state index contributed by atoms with van der Waals surface area (Å²) in [5.74, 6) is -4.89. The first-order valence-electron chi connectivity index (χ1n) is 13.3. The highest BCUT2D eigenvalue weighted by Gasteiger charge is 2.38. The van der Waals surface area contributed by atoms with Gasteiger partial charge in [-0.05, 0) is 30.2 Å². The van der Waals surface area contributed by atoms with Gasteiger partial charge in [-0.25, -0.2) is 14.4 Å². The number of ether oxygens (including phenoxy) is 2. The van der Waals surface area contributed by atoms with E-state index in [0.29, 0.717) is 24.6 Å². The van der Waals surface area contributed by atoms with E-state index in [4.69, 9.17) is 29.3 Å². The second-order valence-corrected chi connectivity index (χ2v) is 9.40. The Kier molecular flexibility index (Phi) is 14.3. The maximum Gasteiger partial charge on any atom is 0.490 e. The number of carbonyl (C=O) groups excluding carboxylic acids is 1. The highest BCUT2D eigenvalue weighted by atomic mass is 19.4. The van der Waals surface area contributed by atoms with Gasteiger partial charge in [-0.15, -0.1) is 0 Å². The number of benzene rings is 2. The van der Waals surface area contributed by atoms with Crippen molar-refractivity contribution in [2.45, 2.75) is 25.8 Å². The van der Waals surface area contributed by atoms with Crippen LogP contribution in [0.1, 0.15) is 11.1 Å². The summed E-state index contributed by atoms with van der Waals surface area (Å²) in [6.45, 7) is 7.13. The van der Waals surface area contributed by atoms with Crippen LogP contribution in [0.25, 0.3) is 11.1 Å². The zero-order chi connectivity index (χ0) is 34.3. The van der Waals surface area contributed by atoms with Crippen molar-refractivity contribution in [3.8, 4) is 16.9 Å². The standard InChI is InChI=1S/C24H29N5O3.2C2HF3O2/c1-18-3-2-4-19(13-18)15-25-24(30)28-22-6-5-20(21-16-26-27-17-21)14-23(22)32-12-9-29-7-10-31-11-8-29;2*3-2(4,5)1(6)7/h2-6,13-14,16-17H,7-12,15H2,1H3,(H,26,27)(H2,25,28,30);2*(H,6,7). The Morgan fingerprint density at radius 3 is 2.15 bits per heavy atom. The van der Waals surface area contributed by atoms with Crippen LogP contribution < -0.4 is 15.4 Å². The lowest BCUT2D eigenvalue weighted by Crippen LogP contribution is -2.38. The van der Waals surface area contributed by atoms with E-state index >= 15 is 0 Å². The van der Waals surface area contributed by atoms with Crippen LogP contribution in [0.4, 0.5) is 36.8 Å². The number of hydrogen-bond donors (Lipinski definition) is 5. The van der Waals surface area contributed by atoms with Crippen LogP contribution in [0.15, 0.2) is 54.9 Å². The highest BCUT2D eigenvalue weighted by Crippen LogP contribution is 2.31. The minimum Gasteiger partial charge on any atom is -0.490 e. The Morgan fingerprint density at radius 1 is 0.978 bits per heavy atom. The van der Waals surface area contributed by atoms with Crippen molar-refractivity contribution in [3.05, 3.63) is 66.0 Å². The van der Waals surface area contributed by atoms with Gasteiger partial charge in [-0.2, -0.15) is 31.4 Å². The minimum atomic E-state index is -5.08. The number of aromatic amines is 1. The number of carboxylic acid groups (broad SMARTS) is 2. The van der Waals surface area contributed by atoms with Gasteiger partial charge in [0.15, 0.2) is 0 Å². The predicted molar refractivity (Wildman–Crippen MR) is 151 cm³/mol. The largest absolute Gasteiger partial charge is 0.490 e. The summed E-state index contributed by atoms with van der Waals surface area (Å²) >= 11 is 0. The van der Waals surface area contributed by atoms with Crippen LogP contribution in [-0.2, 0) is 20.9 Å². The number of anilines is 1. The number of hydrogen-bond acceptors (Lipinski definition) is 7.